The Morgan fingerprint density at radius 2 is 1.33 bits per heavy atom. The van der Waals surface area contributed by atoms with Crippen molar-refractivity contribution in [3.05, 3.63) is 0 Å². The monoisotopic (exact) mass is 132 g/mol. The lowest BCUT2D eigenvalue weighted by atomic mass is 10.4. The molecule has 1 nitrogen and oxygen atoms in total. The van der Waals surface area contributed by atoms with Gasteiger partial charge < -0.3 is 4.48 Å². The highest BCUT2D eigenvalue weighted by atomic mass is 15.3. The van der Waals surface area contributed by atoms with E-state index in [4.69, 9.17) is 0 Å². The lowest BCUT2D eigenvalue weighted by molar-refractivity contribution is -0.870. The summed E-state index contributed by atoms with van der Waals surface area (Å²) in [5, 5.41) is 0. The molecule has 0 aromatic carbocycles. The summed E-state index contributed by atoms with van der Waals surface area (Å²) in [5.41, 5.74) is 0. The van der Waals surface area contributed by atoms with E-state index in [1.807, 2.05) is 13.8 Å². The Labute approximate surface area is 60.3 Å². The minimum absolute atomic E-state index is 1.09. The summed E-state index contributed by atoms with van der Waals surface area (Å²) < 4.78 is 1.09. The second-order valence-corrected chi connectivity index (χ2v) is 3.01. The van der Waals surface area contributed by atoms with Crippen molar-refractivity contribution < 1.29 is 4.48 Å². The summed E-state index contributed by atoms with van der Waals surface area (Å²) in [4.78, 5) is 0. The minimum Gasteiger partial charge on any atom is -0.331 e. The molecule has 0 rings (SSSR count). The molecule has 0 N–H and O–H groups in total. The molecule has 0 fully saturated rings. The quantitative estimate of drug-likeness (QED) is 0.505. The van der Waals surface area contributed by atoms with E-state index in [-0.39, 0.29) is 0 Å². The zero-order chi connectivity index (χ0) is 7.91. The van der Waals surface area contributed by atoms with E-state index < -0.39 is 0 Å². The molecule has 0 heterocycles. The van der Waals surface area contributed by atoms with Gasteiger partial charge in [0.25, 0.3) is 0 Å². The summed E-state index contributed by atoms with van der Waals surface area (Å²) in [6.45, 7) is 7.49. The van der Waals surface area contributed by atoms with E-state index >= 15 is 0 Å². The van der Waals surface area contributed by atoms with E-state index in [0.29, 0.717) is 0 Å². The molecule has 0 aliphatic heterocycles. The van der Waals surface area contributed by atoms with Crippen LogP contribution in [0.25, 0.3) is 0 Å². The molecule has 1 heteroatoms. The Bertz CT molecular complexity index is 43.0. The predicted molar refractivity (Wildman–Crippen MR) is 44.5 cm³/mol. The van der Waals surface area contributed by atoms with Crippen molar-refractivity contribution in [2.24, 2.45) is 0 Å². The van der Waals surface area contributed by atoms with Crippen molar-refractivity contribution in [2.75, 3.05) is 27.7 Å². The molecule has 0 radical (unpaired) electrons. The first kappa shape index (κ1) is 11.7. The summed E-state index contributed by atoms with van der Waals surface area (Å²) in [6.07, 6.45) is 1.28. The van der Waals surface area contributed by atoms with E-state index in [2.05, 4.69) is 28.1 Å². The fraction of sp³-hybridized carbons (Fsp3) is 1.00. The average Bonchev–Trinajstić information content (AvgIpc) is 1.69. The largest absolute Gasteiger partial charge is 0.331 e. The highest BCUT2D eigenvalue weighted by molar-refractivity contribution is 4.20. The molecule has 0 amide bonds. The van der Waals surface area contributed by atoms with Crippen molar-refractivity contribution in [3.8, 4) is 0 Å². The third-order valence-corrected chi connectivity index (χ3v) is 0.894. The van der Waals surface area contributed by atoms with Gasteiger partial charge in [0.15, 0.2) is 0 Å². The highest BCUT2D eigenvalue weighted by Gasteiger charge is 2.01. The molecule has 0 saturated heterocycles. The lowest BCUT2D eigenvalue weighted by Crippen LogP contribution is -2.34. The van der Waals surface area contributed by atoms with Gasteiger partial charge in [-0.25, -0.2) is 0 Å². The lowest BCUT2D eigenvalue weighted by Gasteiger charge is -2.22. The predicted octanol–water partition coefficient (Wildman–Crippen LogP) is 2.13. The molecule has 0 aromatic rings. The van der Waals surface area contributed by atoms with Crippen LogP contribution in [-0.4, -0.2) is 32.2 Å². The summed E-state index contributed by atoms with van der Waals surface area (Å²) in [5.74, 6) is 0. The third-order valence-electron chi connectivity index (χ3n) is 0.894. The fourth-order valence-electron chi connectivity index (χ4n) is 0.671. The molecule has 0 atom stereocenters. The molecule has 58 valence electrons. The van der Waals surface area contributed by atoms with Gasteiger partial charge in [0, 0.05) is 0 Å². The molecule has 0 unspecified atom stereocenters. The highest BCUT2D eigenvalue weighted by Crippen LogP contribution is 1.90. The Morgan fingerprint density at radius 3 is 1.33 bits per heavy atom. The van der Waals surface area contributed by atoms with Crippen molar-refractivity contribution in [1.29, 1.82) is 0 Å². The third kappa shape index (κ3) is 18.0. The van der Waals surface area contributed by atoms with Crippen molar-refractivity contribution in [1.82, 2.24) is 0 Å². The number of hydrogen-bond donors (Lipinski definition) is 0. The van der Waals surface area contributed by atoms with Crippen molar-refractivity contribution in [2.45, 2.75) is 27.2 Å². The number of nitrogens with zero attached hydrogens (tertiary/aromatic N) is 1. The van der Waals surface area contributed by atoms with Crippen LogP contribution < -0.4 is 0 Å². The first-order chi connectivity index (χ1) is 4.06. The molecule has 0 aliphatic carbocycles. The van der Waals surface area contributed by atoms with E-state index in [1.54, 1.807) is 0 Å². The number of rotatable bonds is 2. The van der Waals surface area contributed by atoms with Crippen LogP contribution in [0.15, 0.2) is 0 Å². The van der Waals surface area contributed by atoms with Crippen LogP contribution in [0.5, 0.6) is 0 Å². The normalized spacial score (nSPS) is 10.0. The number of quaternary nitrogens is 1. The molecule has 0 aromatic heterocycles. The van der Waals surface area contributed by atoms with Gasteiger partial charge in [-0.1, -0.05) is 20.8 Å². The first-order valence-electron chi connectivity index (χ1n) is 3.86. The molecular weight excluding hydrogens is 110 g/mol. The molecular formula is C8H22N+. The number of hydrogen-bond acceptors (Lipinski definition) is 0. The van der Waals surface area contributed by atoms with Gasteiger partial charge in [-0.05, 0) is 6.42 Å². The van der Waals surface area contributed by atoms with Gasteiger partial charge in [0.1, 0.15) is 0 Å². The Kier molecular flexibility index (Phi) is 7.92. The van der Waals surface area contributed by atoms with Crippen LogP contribution in [0.1, 0.15) is 27.2 Å². The molecule has 9 heavy (non-hydrogen) atoms. The topological polar surface area (TPSA) is 0 Å². The zero-order valence-electron chi connectivity index (χ0n) is 7.86. The SMILES string of the molecule is CC.CCC[N+](C)(C)C. The summed E-state index contributed by atoms with van der Waals surface area (Å²) >= 11 is 0. The van der Waals surface area contributed by atoms with Gasteiger partial charge in [-0.15, -0.1) is 0 Å². The Hall–Kier alpha value is -0.0400. The van der Waals surface area contributed by atoms with Gasteiger partial charge in [0.05, 0.1) is 27.7 Å². The fourth-order valence-corrected chi connectivity index (χ4v) is 0.671. The van der Waals surface area contributed by atoms with Gasteiger partial charge >= 0.3 is 0 Å². The van der Waals surface area contributed by atoms with E-state index in [0.717, 1.165) is 4.48 Å². The van der Waals surface area contributed by atoms with Crippen LogP contribution in [0.4, 0.5) is 0 Å². The van der Waals surface area contributed by atoms with Crippen LogP contribution in [0.2, 0.25) is 0 Å². The summed E-state index contributed by atoms with van der Waals surface area (Å²) in [6, 6.07) is 0. The summed E-state index contributed by atoms with van der Waals surface area (Å²) in [7, 11) is 6.64. The van der Waals surface area contributed by atoms with Crippen molar-refractivity contribution >= 4 is 0 Å². The maximum Gasteiger partial charge on any atom is 0.0777 e. The standard InChI is InChI=1S/C6H16N.C2H6/c1-5-6-7(2,3)4;1-2/h5-6H2,1-4H3;1-2H3/q+1;. The van der Waals surface area contributed by atoms with E-state index in [9.17, 15) is 0 Å². The van der Waals surface area contributed by atoms with E-state index in [1.165, 1.54) is 13.0 Å². The molecule has 0 bridgehead atoms. The maximum absolute atomic E-state index is 2.21. The van der Waals surface area contributed by atoms with Crippen LogP contribution in [0, 0.1) is 0 Å². The first-order valence-corrected chi connectivity index (χ1v) is 3.86. The smallest absolute Gasteiger partial charge is 0.0777 e. The zero-order valence-corrected chi connectivity index (χ0v) is 7.86. The van der Waals surface area contributed by atoms with Gasteiger partial charge in [0.2, 0.25) is 0 Å². The van der Waals surface area contributed by atoms with Gasteiger partial charge in [-0.2, -0.15) is 0 Å². The van der Waals surface area contributed by atoms with Crippen LogP contribution >= 0.6 is 0 Å². The Morgan fingerprint density at radius 1 is 1.00 bits per heavy atom. The molecule has 0 spiro atoms. The minimum atomic E-state index is 1.09. The Balaban J connectivity index is 0. The van der Waals surface area contributed by atoms with Gasteiger partial charge in [-0.3, -0.25) is 0 Å². The van der Waals surface area contributed by atoms with Crippen LogP contribution in [0.3, 0.4) is 0 Å². The second-order valence-electron chi connectivity index (χ2n) is 3.01. The van der Waals surface area contributed by atoms with Crippen LogP contribution in [-0.2, 0) is 0 Å². The molecule has 0 saturated carbocycles. The maximum atomic E-state index is 2.21. The molecule has 0 aliphatic rings. The second kappa shape index (κ2) is 6.09. The van der Waals surface area contributed by atoms with Crippen molar-refractivity contribution in [3.63, 3.8) is 0 Å². The average molecular weight is 132 g/mol.